The van der Waals surface area contributed by atoms with E-state index in [0.717, 1.165) is 25.7 Å². The second kappa shape index (κ2) is 30.8. The number of nitrogens with one attached hydrogen (secondary N) is 6. The van der Waals surface area contributed by atoms with Crippen LogP contribution in [0, 0.1) is 11.8 Å². The third-order valence-electron chi connectivity index (χ3n) is 8.25. The summed E-state index contributed by atoms with van der Waals surface area (Å²) in [6, 6.07) is -0.977. The Kier molecular flexibility index (Phi) is 29.5. The lowest BCUT2D eigenvalue weighted by Gasteiger charge is -2.28. The summed E-state index contributed by atoms with van der Waals surface area (Å²) >= 11 is 0. The average Bonchev–Trinajstić information content (AvgIpc) is 3.11. The zero-order valence-electron chi connectivity index (χ0n) is 35.1. The van der Waals surface area contributed by atoms with Gasteiger partial charge in [-0.15, -0.1) is 0 Å². The van der Waals surface area contributed by atoms with Crippen LogP contribution in [0.4, 0.5) is 9.59 Å². The normalized spacial score (nSPS) is 13.0. The Morgan fingerprint density at radius 2 is 0.704 bits per heavy atom. The second-order valence-electron chi connectivity index (χ2n) is 13.4. The van der Waals surface area contributed by atoms with Gasteiger partial charge in [-0.2, -0.15) is 0 Å². The Morgan fingerprint density at radius 1 is 0.426 bits per heavy atom. The van der Waals surface area contributed by atoms with Crippen LogP contribution < -0.4 is 31.9 Å². The van der Waals surface area contributed by atoms with E-state index in [9.17, 15) is 19.2 Å². The lowest BCUT2D eigenvalue weighted by molar-refractivity contribution is -0.124. The minimum Gasteiger partial charge on any atom is -0.374 e. The molecule has 0 rings (SSSR count). The Labute approximate surface area is 328 Å². The molecule has 54 heavy (non-hydrogen) atoms. The number of hydrogen-bond acceptors (Lipinski definition) is 10. The van der Waals surface area contributed by atoms with Gasteiger partial charge in [0.25, 0.3) is 0 Å². The highest BCUT2D eigenvalue weighted by molar-refractivity contribution is 6.61. The van der Waals surface area contributed by atoms with Gasteiger partial charge in [0.1, 0.15) is 12.1 Å². The van der Waals surface area contributed by atoms with E-state index in [1.165, 1.54) is 0 Å². The Bertz CT molecular complexity index is 918. The van der Waals surface area contributed by atoms with Crippen molar-refractivity contribution in [2.24, 2.45) is 11.8 Å². The fourth-order valence-corrected chi connectivity index (χ4v) is 10.9. The van der Waals surface area contributed by atoms with Crippen LogP contribution in [0.2, 0.25) is 12.1 Å². The summed E-state index contributed by atoms with van der Waals surface area (Å²) < 4.78 is 35.2. The minimum atomic E-state index is -2.78. The molecule has 0 aromatic heterocycles. The molecule has 0 aliphatic carbocycles. The topological polar surface area (TPSA) is 196 Å². The van der Waals surface area contributed by atoms with Crippen LogP contribution in [0.3, 0.4) is 0 Å². The molecule has 6 amide bonds. The molecular weight excluding hydrogens is 733 g/mol. The number of hydrogen-bond donors (Lipinski definition) is 6. The van der Waals surface area contributed by atoms with E-state index >= 15 is 0 Å². The number of amides is 6. The highest BCUT2D eigenvalue weighted by atomic mass is 28.4. The lowest BCUT2D eigenvalue weighted by atomic mass is 10.0. The SMILES string of the molecule is CCO[Si](CCCNC(=O)N[C@H](C(=O)NCCCCCCNC(=O)[C@@H](NC(=O)NCCC[Si](OCC)(OCC)OCC)C(C)C)C(C)C)(OCC)OCC. The average molecular weight is 809 g/mol. The first-order valence-electron chi connectivity index (χ1n) is 20.3. The number of carbonyl (C=O) groups excluding carboxylic acids is 4. The number of unbranched alkanes of at least 4 members (excludes halogenated alkanes) is 3. The molecule has 6 N–H and O–H groups in total. The van der Waals surface area contributed by atoms with Crippen molar-refractivity contribution in [2.75, 3.05) is 65.8 Å². The first-order chi connectivity index (χ1) is 25.8. The lowest BCUT2D eigenvalue weighted by Crippen LogP contribution is -2.53. The van der Waals surface area contributed by atoms with Crippen molar-refractivity contribution in [2.45, 2.75) is 132 Å². The molecule has 0 bridgehead atoms. The molecule has 2 atom stereocenters. The highest BCUT2D eigenvalue weighted by Gasteiger charge is 2.40. The van der Waals surface area contributed by atoms with Crippen molar-refractivity contribution in [3.63, 3.8) is 0 Å². The van der Waals surface area contributed by atoms with Crippen molar-refractivity contribution < 1.29 is 45.7 Å². The summed E-state index contributed by atoms with van der Waals surface area (Å²) in [6.45, 7) is 23.7. The van der Waals surface area contributed by atoms with Crippen molar-refractivity contribution in [1.82, 2.24) is 31.9 Å². The molecule has 0 radical (unpaired) electrons. The van der Waals surface area contributed by atoms with E-state index in [0.29, 0.717) is 90.8 Å². The molecule has 16 nitrogen and oxygen atoms in total. The van der Waals surface area contributed by atoms with Crippen LogP contribution >= 0.6 is 0 Å². The van der Waals surface area contributed by atoms with Gasteiger partial charge >= 0.3 is 29.7 Å². The van der Waals surface area contributed by atoms with E-state index in [4.69, 9.17) is 26.6 Å². The number of carbonyl (C=O) groups is 4. The molecule has 0 unspecified atom stereocenters. The summed E-state index contributed by atoms with van der Waals surface area (Å²) in [6.07, 6.45) is 4.50. The first kappa shape index (κ1) is 51.7. The molecule has 0 spiro atoms. The predicted octanol–water partition coefficient (Wildman–Crippen LogP) is 4.30. The van der Waals surface area contributed by atoms with Crippen molar-refractivity contribution in [3.05, 3.63) is 0 Å². The first-order valence-corrected chi connectivity index (χ1v) is 24.1. The van der Waals surface area contributed by atoms with Crippen molar-refractivity contribution >= 4 is 41.5 Å². The van der Waals surface area contributed by atoms with Crippen LogP contribution in [0.25, 0.3) is 0 Å². The van der Waals surface area contributed by atoms with E-state index < -0.39 is 41.8 Å². The van der Waals surface area contributed by atoms with Gasteiger partial charge in [0, 0.05) is 77.9 Å². The number of rotatable bonds is 33. The van der Waals surface area contributed by atoms with E-state index in [1.807, 2.05) is 69.2 Å². The molecule has 0 fully saturated rings. The third kappa shape index (κ3) is 22.3. The van der Waals surface area contributed by atoms with E-state index in [2.05, 4.69) is 31.9 Å². The molecule has 18 heteroatoms. The van der Waals surface area contributed by atoms with Crippen LogP contribution in [0.5, 0.6) is 0 Å². The van der Waals surface area contributed by atoms with Gasteiger partial charge in [0.2, 0.25) is 11.8 Å². The smallest absolute Gasteiger partial charge is 0.374 e. The van der Waals surface area contributed by atoms with Gasteiger partial charge < -0.3 is 58.5 Å². The fraction of sp³-hybridized carbons (Fsp3) is 0.889. The van der Waals surface area contributed by atoms with Gasteiger partial charge in [-0.3, -0.25) is 9.59 Å². The largest absolute Gasteiger partial charge is 0.500 e. The molecule has 0 saturated heterocycles. The van der Waals surface area contributed by atoms with Crippen LogP contribution in [-0.4, -0.2) is 119 Å². The van der Waals surface area contributed by atoms with E-state index in [1.54, 1.807) is 0 Å². The molecular formula is C36H76N6O10Si2. The minimum absolute atomic E-state index is 0.0998. The van der Waals surface area contributed by atoms with Gasteiger partial charge in [0.15, 0.2) is 0 Å². The zero-order valence-corrected chi connectivity index (χ0v) is 37.1. The van der Waals surface area contributed by atoms with Crippen molar-refractivity contribution in [1.29, 1.82) is 0 Å². The van der Waals surface area contributed by atoms with Gasteiger partial charge in [-0.25, -0.2) is 9.59 Å². The van der Waals surface area contributed by atoms with Crippen LogP contribution in [-0.2, 0) is 36.1 Å². The quantitative estimate of drug-likeness (QED) is 0.0411. The maximum atomic E-state index is 12.9. The molecule has 0 heterocycles. The third-order valence-corrected chi connectivity index (χ3v) is 14.6. The molecule has 318 valence electrons. The maximum absolute atomic E-state index is 12.9. The standard InChI is InChI=1S/C36H76N6O10Si2/c1-11-47-53(48-12-2,49-13-3)27-21-25-39-35(45)41-31(29(7)8)33(43)37-23-19-17-18-20-24-38-34(44)32(30(9)10)42-36(46)40-26-22-28-54(50-14-4,51-15-5)52-16-6/h29-32H,11-28H2,1-10H3,(H,37,43)(H,38,44)(H2,39,41,45)(H2,40,42,46)/t31-,32-/m0/s1. The monoisotopic (exact) mass is 809 g/mol. The van der Waals surface area contributed by atoms with Crippen LogP contribution in [0.1, 0.15) is 108 Å². The molecule has 0 aliphatic heterocycles. The summed E-state index contributed by atoms with van der Waals surface area (Å²) in [5, 5.41) is 17.1. The second-order valence-corrected chi connectivity index (χ2v) is 18.9. The summed E-state index contributed by atoms with van der Waals surface area (Å²) in [7, 11) is -5.55. The Morgan fingerprint density at radius 3 is 0.963 bits per heavy atom. The molecule has 0 aromatic rings. The van der Waals surface area contributed by atoms with Gasteiger partial charge in [0.05, 0.1) is 0 Å². The summed E-state index contributed by atoms with van der Waals surface area (Å²) in [5.74, 6) is -0.652. The summed E-state index contributed by atoms with van der Waals surface area (Å²) in [5.41, 5.74) is 0. The molecule has 0 aliphatic rings. The number of urea groups is 2. The Balaban J connectivity index is 4.48. The van der Waals surface area contributed by atoms with E-state index in [-0.39, 0.29) is 23.7 Å². The Hall–Kier alpha value is -2.33. The molecule has 0 saturated carbocycles. The van der Waals surface area contributed by atoms with Gasteiger partial charge in [-0.1, -0.05) is 40.5 Å². The zero-order chi connectivity index (χ0) is 40.8. The van der Waals surface area contributed by atoms with Crippen molar-refractivity contribution in [3.8, 4) is 0 Å². The van der Waals surface area contributed by atoms with Gasteiger partial charge in [-0.05, 0) is 79.1 Å². The van der Waals surface area contributed by atoms with Crippen LogP contribution in [0.15, 0.2) is 0 Å². The highest BCUT2D eigenvalue weighted by Crippen LogP contribution is 2.19. The molecule has 0 aromatic carbocycles. The predicted molar refractivity (Wildman–Crippen MR) is 215 cm³/mol. The summed E-state index contributed by atoms with van der Waals surface area (Å²) in [4.78, 5) is 51.0. The fourth-order valence-electron chi connectivity index (χ4n) is 5.72. The maximum Gasteiger partial charge on any atom is 0.500 e.